The van der Waals surface area contributed by atoms with Crippen LogP contribution in [0.3, 0.4) is 0 Å². The molecule has 23 heavy (non-hydrogen) atoms. The van der Waals surface area contributed by atoms with Crippen molar-refractivity contribution >= 4 is 5.91 Å². The van der Waals surface area contributed by atoms with Crippen LogP contribution in [-0.2, 0) is 22.5 Å². The number of carbonyl (C=O) groups excluding carboxylic acids is 1. The van der Waals surface area contributed by atoms with Gasteiger partial charge in [0, 0.05) is 45.8 Å². The third kappa shape index (κ3) is 3.27. The van der Waals surface area contributed by atoms with E-state index in [2.05, 4.69) is 41.0 Å². The smallest absolute Gasteiger partial charge is 0.240 e. The van der Waals surface area contributed by atoms with Crippen LogP contribution in [0.2, 0.25) is 0 Å². The third-order valence-corrected chi connectivity index (χ3v) is 5.33. The average molecular weight is 317 g/mol. The number of rotatable bonds is 5. The zero-order valence-electron chi connectivity index (χ0n) is 14.0. The molecule has 2 heterocycles. The standard InChI is InChI=1S/C18H27N3O2/c1-2-15-5-3-4-6-16(15)13-20-8-10-21(11-9-20)18(17(19)22)7-12-23-14-18/h3-6H,2,7-14H2,1H3,(H2,19,22). The highest BCUT2D eigenvalue weighted by molar-refractivity contribution is 5.85. The van der Waals surface area contributed by atoms with Gasteiger partial charge in [-0.3, -0.25) is 14.6 Å². The maximum Gasteiger partial charge on any atom is 0.240 e. The third-order valence-electron chi connectivity index (χ3n) is 5.33. The van der Waals surface area contributed by atoms with E-state index in [0.29, 0.717) is 13.2 Å². The lowest BCUT2D eigenvalue weighted by molar-refractivity contribution is -0.132. The number of hydrogen-bond donors (Lipinski definition) is 1. The van der Waals surface area contributed by atoms with Gasteiger partial charge in [0.15, 0.2) is 0 Å². The molecule has 2 aliphatic heterocycles. The van der Waals surface area contributed by atoms with Crippen LogP contribution in [-0.4, -0.2) is 60.6 Å². The number of aryl methyl sites for hydroxylation is 1. The molecule has 0 aromatic heterocycles. The first kappa shape index (κ1) is 16.4. The van der Waals surface area contributed by atoms with Crippen LogP contribution in [0.5, 0.6) is 0 Å². The summed E-state index contributed by atoms with van der Waals surface area (Å²) in [4.78, 5) is 16.7. The molecule has 0 radical (unpaired) electrons. The van der Waals surface area contributed by atoms with Gasteiger partial charge in [0.25, 0.3) is 0 Å². The number of amides is 1. The van der Waals surface area contributed by atoms with Crippen molar-refractivity contribution in [3.63, 3.8) is 0 Å². The molecular weight excluding hydrogens is 290 g/mol. The Balaban J connectivity index is 1.61. The Labute approximate surface area is 138 Å². The summed E-state index contributed by atoms with van der Waals surface area (Å²) in [5.41, 5.74) is 7.95. The first-order chi connectivity index (χ1) is 11.2. The number of hydrogen-bond acceptors (Lipinski definition) is 4. The summed E-state index contributed by atoms with van der Waals surface area (Å²) in [6.07, 6.45) is 1.79. The number of ether oxygens (including phenoxy) is 1. The number of carbonyl (C=O) groups is 1. The highest BCUT2D eigenvalue weighted by Gasteiger charge is 2.46. The van der Waals surface area contributed by atoms with Crippen molar-refractivity contribution in [2.24, 2.45) is 5.73 Å². The number of piperazine rings is 1. The summed E-state index contributed by atoms with van der Waals surface area (Å²) in [5, 5.41) is 0. The predicted molar refractivity (Wildman–Crippen MR) is 90.0 cm³/mol. The number of benzene rings is 1. The van der Waals surface area contributed by atoms with Gasteiger partial charge in [-0.05, 0) is 17.5 Å². The molecule has 2 N–H and O–H groups in total. The van der Waals surface area contributed by atoms with Gasteiger partial charge in [-0.1, -0.05) is 31.2 Å². The molecule has 1 aromatic rings. The molecule has 1 aromatic carbocycles. The zero-order valence-corrected chi connectivity index (χ0v) is 14.0. The summed E-state index contributed by atoms with van der Waals surface area (Å²) >= 11 is 0. The molecule has 0 spiro atoms. The van der Waals surface area contributed by atoms with Crippen LogP contribution >= 0.6 is 0 Å². The number of nitrogens with zero attached hydrogens (tertiary/aromatic N) is 2. The summed E-state index contributed by atoms with van der Waals surface area (Å²) in [5.74, 6) is -0.236. The fourth-order valence-corrected chi connectivity index (χ4v) is 3.79. The second-order valence-corrected chi connectivity index (χ2v) is 6.58. The van der Waals surface area contributed by atoms with Crippen LogP contribution in [0.15, 0.2) is 24.3 Å². The largest absolute Gasteiger partial charge is 0.379 e. The Morgan fingerprint density at radius 1 is 1.22 bits per heavy atom. The number of nitrogens with two attached hydrogens (primary N) is 1. The van der Waals surface area contributed by atoms with Crippen molar-refractivity contribution in [3.05, 3.63) is 35.4 Å². The number of primary amides is 1. The quantitative estimate of drug-likeness (QED) is 0.880. The lowest BCUT2D eigenvalue weighted by atomic mass is 9.94. The first-order valence-electron chi connectivity index (χ1n) is 8.57. The normalized spacial score (nSPS) is 26.5. The molecular formula is C18H27N3O2. The van der Waals surface area contributed by atoms with E-state index in [1.165, 1.54) is 11.1 Å². The molecule has 5 heteroatoms. The van der Waals surface area contributed by atoms with Crippen molar-refractivity contribution in [2.45, 2.75) is 31.8 Å². The second-order valence-electron chi connectivity index (χ2n) is 6.58. The van der Waals surface area contributed by atoms with E-state index in [0.717, 1.165) is 45.6 Å². The van der Waals surface area contributed by atoms with E-state index in [-0.39, 0.29) is 5.91 Å². The second kappa shape index (κ2) is 6.99. The van der Waals surface area contributed by atoms with Gasteiger partial charge < -0.3 is 10.5 Å². The summed E-state index contributed by atoms with van der Waals surface area (Å²) < 4.78 is 5.47. The molecule has 2 saturated heterocycles. The summed E-state index contributed by atoms with van der Waals surface area (Å²) in [6, 6.07) is 8.66. The predicted octanol–water partition coefficient (Wildman–Crippen LogP) is 1.01. The fraction of sp³-hybridized carbons (Fsp3) is 0.611. The van der Waals surface area contributed by atoms with E-state index in [1.54, 1.807) is 0 Å². The molecule has 126 valence electrons. The Morgan fingerprint density at radius 3 is 2.48 bits per heavy atom. The first-order valence-corrected chi connectivity index (χ1v) is 8.57. The van der Waals surface area contributed by atoms with Crippen LogP contribution in [0, 0.1) is 0 Å². The minimum atomic E-state index is -0.576. The van der Waals surface area contributed by atoms with Gasteiger partial charge in [0.1, 0.15) is 5.54 Å². The van der Waals surface area contributed by atoms with E-state index in [4.69, 9.17) is 10.5 Å². The van der Waals surface area contributed by atoms with E-state index in [9.17, 15) is 4.79 Å². The lowest BCUT2D eigenvalue weighted by Crippen LogP contribution is -2.63. The lowest BCUT2D eigenvalue weighted by Gasteiger charge is -2.43. The molecule has 1 atom stereocenters. The average Bonchev–Trinajstić information content (AvgIpc) is 3.07. The van der Waals surface area contributed by atoms with Crippen LogP contribution in [0.4, 0.5) is 0 Å². The highest BCUT2D eigenvalue weighted by Crippen LogP contribution is 2.27. The van der Waals surface area contributed by atoms with Gasteiger partial charge in [-0.15, -0.1) is 0 Å². The van der Waals surface area contributed by atoms with Crippen LogP contribution in [0.1, 0.15) is 24.5 Å². The van der Waals surface area contributed by atoms with Crippen molar-refractivity contribution in [2.75, 3.05) is 39.4 Å². The summed E-state index contributed by atoms with van der Waals surface area (Å²) in [7, 11) is 0. The topological polar surface area (TPSA) is 58.8 Å². The highest BCUT2D eigenvalue weighted by atomic mass is 16.5. The minimum Gasteiger partial charge on any atom is -0.379 e. The molecule has 3 rings (SSSR count). The molecule has 0 saturated carbocycles. The van der Waals surface area contributed by atoms with Gasteiger partial charge in [0.2, 0.25) is 5.91 Å². The van der Waals surface area contributed by atoms with Gasteiger partial charge in [-0.25, -0.2) is 0 Å². The van der Waals surface area contributed by atoms with Crippen molar-refractivity contribution in [3.8, 4) is 0 Å². The van der Waals surface area contributed by atoms with E-state index >= 15 is 0 Å². The van der Waals surface area contributed by atoms with Crippen molar-refractivity contribution in [1.82, 2.24) is 9.80 Å². The van der Waals surface area contributed by atoms with Crippen LogP contribution in [0.25, 0.3) is 0 Å². The van der Waals surface area contributed by atoms with Crippen molar-refractivity contribution in [1.29, 1.82) is 0 Å². The molecule has 1 unspecified atom stereocenters. The Hall–Kier alpha value is -1.43. The SMILES string of the molecule is CCc1ccccc1CN1CCN(C2(C(N)=O)CCOC2)CC1. The Morgan fingerprint density at radius 2 is 1.91 bits per heavy atom. The van der Waals surface area contributed by atoms with E-state index in [1.807, 2.05) is 0 Å². The zero-order chi connectivity index (χ0) is 16.3. The van der Waals surface area contributed by atoms with Gasteiger partial charge >= 0.3 is 0 Å². The Kier molecular flexibility index (Phi) is 4.99. The molecule has 0 aliphatic carbocycles. The molecule has 2 aliphatic rings. The molecule has 2 fully saturated rings. The maximum atomic E-state index is 12.0. The maximum absolute atomic E-state index is 12.0. The molecule has 5 nitrogen and oxygen atoms in total. The van der Waals surface area contributed by atoms with Crippen LogP contribution < -0.4 is 5.73 Å². The molecule has 0 bridgehead atoms. The summed E-state index contributed by atoms with van der Waals surface area (Å²) in [6.45, 7) is 7.95. The fourth-order valence-electron chi connectivity index (χ4n) is 3.79. The minimum absolute atomic E-state index is 0.236. The van der Waals surface area contributed by atoms with Crippen molar-refractivity contribution < 1.29 is 9.53 Å². The Bertz CT molecular complexity index is 547. The van der Waals surface area contributed by atoms with Gasteiger partial charge in [-0.2, -0.15) is 0 Å². The van der Waals surface area contributed by atoms with E-state index < -0.39 is 5.54 Å². The van der Waals surface area contributed by atoms with Gasteiger partial charge in [0.05, 0.1) is 6.61 Å². The monoisotopic (exact) mass is 317 g/mol. The molecule has 1 amide bonds.